The fourth-order valence-corrected chi connectivity index (χ4v) is 10.1. The van der Waals surface area contributed by atoms with Crippen molar-refractivity contribution in [2.45, 2.75) is 0 Å². The van der Waals surface area contributed by atoms with Crippen molar-refractivity contribution < 1.29 is 168 Å². The van der Waals surface area contributed by atoms with E-state index in [2.05, 4.69) is 0 Å². The van der Waals surface area contributed by atoms with Crippen LogP contribution in [0.2, 0.25) is 0 Å². The fraction of sp³-hybridized carbons (Fsp3) is 0.100. The number of ether oxygens (including phenoxy) is 6. The molecule has 2 aliphatic heterocycles. The normalized spacial score (nSPS) is 11.3. The van der Waals surface area contributed by atoms with Gasteiger partial charge in [0.15, 0.2) is 23.0 Å². The summed E-state index contributed by atoms with van der Waals surface area (Å²) in [7, 11) is 9.20. The molecule has 375 valence electrons. The Labute approximate surface area is 537 Å². The van der Waals surface area contributed by atoms with Gasteiger partial charge in [-0.25, -0.2) is 9.97 Å². The number of carboxylic acid groups (broad SMARTS) is 2. The van der Waals surface area contributed by atoms with Crippen LogP contribution in [0, 0.1) is 0 Å². The predicted molar refractivity (Wildman–Crippen MR) is 282 cm³/mol. The smallest absolute Gasteiger partial charge is 0.657 e. The molecule has 0 unspecified atom stereocenters. The van der Waals surface area contributed by atoms with Crippen molar-refractivity contribution in [1.29, 1.82) is 0 Å². The summed E-state index contributed by atoms with van der Waals surface area (Å²) in [6.07, 6.45) is 7.47. The van der Waals surface area contributed by atoms with Gasteiger partial charge in [-0.15, -0.1) is 22.1 Å². The average molecular weight is 1120 g/mol. The van der Waals surface area contributed by atoms with Crippen molar-refractivity contribution >= 4 is 79.9 Å². The van der Waals surface area contributed by atoms with E-state index in [4.69, 9.17) is 48.4 Å². The van der Waals surface area contributed by atoms with Crippen LogP contribution in [0.4, 0.5) is 0 Å². The Morgan fingerprint density at radius 2 is 0.714 bits per heavy atom. The van der Waals surface area contributed by atoms with Crippen molar-refractivity contribution in [3.05, 3.63) is 155 Å². The topological polar surface area (TPSA) is 190 Å². The second kappa shape index (κ2) is 23.9. The second-order valence-corrected chi connectivity index (χ2v) is 17.2. The van der Waals surface area contributed by atoms with Crippen LogP contribution in [0.5, 0.6) is 34.5 Å². The van der Waals surface area contributed by atoms with Gasteiger partial charge in [0.05, 0.1) is 77.4 Å². The summed E-state index contributed by atoms with van der Waals surface area (Å²) >= 11 is 0. The molecule has 8 bridgehead atoms. The number of fused-ring (bicyclic) bond motifs is 10. The first-order valence-electron chi connectivity index (χ1n) is 23.2. The molecule has 5 heterocycles. The average Bonchev–Trinajstić information content (AvgIpc) is 4.28. The van der Waals surface area contributed by atoms with Gasteiger partial charge in [-0.3, -0.25) is 0 Å². The van der Waals surface area contributed by atoms with Crippen LogP contribution in [0.1, 0.15) is 43.5 Å². The Morgan fingerprint density at radius 1 is 0.416 bits per heavy atom. The number of benzene rings is 6. The maximum atomic E-state index is 12.9. The number of hydrogen-bond donors (Lipinski definition) is 0. The molecule has 77 heavy (non-hydrogen) atoms. The zero-order chi connectivity index (χ0) is 51.4. The summed E-state index contributed by atoms with van der Waals surface area (Å²) in [4.78, 5) is 47.4. The molecule has 0 saturated carbocycles. The monoisotopic (exact) mass is 1120 g/mol. The summed E-state index contributed by atoms with van der Waals surface area (Å²) < 4.78 is 34.9. The first kappa shape index (κ1) is 57.2. The summed E-state index contributed by atoms with van der Waals surface area (Å²) in [5, 5.41) is 28.1. The van der Waals surface area contributed by atoms with Crippen LogP contribution in [0.3, 0.4) is 0 Å². The van der Waals surface area contributed by atoms with Crippen molar-refractivity contribution in [2.24, 2.45) is 0 Å². The molecule has 0 aliphatic carbocycles. The van der Waals surface area contributed by atoms with Gasteiger partial charge >= 0.3 is 120 Å². The van der Waals surface area contributed by atoms with Crippen LogP contribution in [-0.4, -0.2) is 64.6 Å². The number of aromatic carboxylic acids is 2. The number of carbonyl (C=O) groups excluding carboxylic acids is 2. The zero-order valence-corrected chi connectivity index (χ0v) is 50.2. The maximum Gasteiger partial charge on any atom is 2.00 e. The molecule has 9 aromatic rings. The van der Waals surface area contributed by atoms with E-state index in [0.29, 0.717) is 145 Å². The molecular formula is C60H42CuK2N4O10. The zero-order valence-electron chi connectivity index (χ0n) is 43.0. The molecule has 14 nitrogen and oxygen atoms in total. The number of carbonyl (C=O) groups is 2. The molecule has 2 aliphatic rings. The fourth-order valence-electron chi connectivity index (χ4n) is 10.1. The minimum absolute atomic E-state index is 0. The van der Waals surface area contributed by atoms with Gasteiger partial charge in [0.25, 0.3) is 0 Å². The molecule has 3 aromatic heterocycles. The van der Waals surface area contributed by atoms with E-state index in [9.17, 15) is 19.8 Å². The summed E-state index contributed by atoms with van der Waals surface area (Å²) in [6.45, 7) is 0. The minimum Gasteiger partial charge on any atom is -0.657 e. The van der Waals surface area contributed by atoms with Gasteiger partial charge in [-0.1, -0.05) is 97.1 Å². The first-order chi connectivity index (χ1) is 36.1. The molecule has 0 N–H and O–H groups in total. The van der Waals surface area contributed by atoms with Gasteiger partial charge in [0.1, 0.15) is 0 Å². The Balaban J connectivity index is 0.00000261. The van der Waals surface area contributed by atoms with E-state index >= 15 is 0 Å². The number of rotatable bonds is 12. The second-order valence-electron chi connectivity index (χ2n) is 17.2. The van der Waals surface area contributed by atoms with E-state index in [1.54, 1.807) is 12.1 Å². The molecule has 1 radical (unpaired) electrons. The SMILES string of the molecule is COc1cc(-c2c3nc(c(-c4cccc5cccc(C(=O)[O-])c45)c4ccc([n-]4)c(-c4cc(OC)c(OC)c(OC)c4)c4nc(c(-c5cccc6cccc(C(=O)[O-])c56)c5ccc2[n-]5)C=C4)C=C3)cc(OC)c1OC.[Cu+2].[K+].[K+]. The van der Waals surface area contributed by atoms with Gasteiger partial charge in [-0.2, -0.15) is 0 Å². The van der Waals surface area contributed by atoms with Crippen molar-refractivity contribution in [1.82, 2.24) is 19.9 Å². The van der Waals surface area contributed by atoms with Gasteiger partial charge < -0.3 is 58.2 Å². The third-order valence-electron chi connectivity index (χ3n) is 13.3. The molecule has 0 atom stereocenters. The Hall–Kier alpha value is -6.03. The first-order valence-corrected chi connectivity index (χ1v) is 23.2. The summed E-state index contributed by atoms with van der Waals surface area (Å²) in [5.74, 6) is -0.380. The van der Waals surface area contributed by atoms with E-state index < -0.39 is 11.9 Å². The molecule has 11 rings (SSSR count). The van der Waals surface area contributed by atoms with Gasteiger partial charge in [-0.05, 0) is 115 Å². The van der Waals surface area contributed by atoms with E-state index in [1.165, 1.54) is 54.8 Å². The quantitative estimate of drug-likeness (QED) is 0.161. The number of carboxylic acids is 2. The minimum atomic E-state index is -1.34. The number of aromatic nitrogens is 4. The third kappa shape index (κ3) is 10.2. The van der Waals surface area contributed by atoms with Crippen molar-refractivity contribution in [2.75, 3.05) is 42.7 Å². The molecule has 0 fully saturated rings. The van der Waals surface area contributed by atoms with Crippen LogP contribution < -0.4 is 151 Å². The van der Waals surface area contributed by atoms with Gasteiger partial charge in [0.2, 0.25) is 11.5 Å². The molecule has 17 heteroatoms. The number of methoxy groups -OCH3 is 6. The van der Waals surface area contributed by atoms with Crippen LogP contribution in [-0.2, 0) is 17.1 Å². The molecule has 6 aromatic carbocycles. The molecule has 0 spiro atoms. The van der Waals surface area contributed by atoms with Crippen molar-refractivity contribution in [3.63, 3.8) is 0 Å². The maximum absolute atomic E-state index is 12.9. The Kier molecular flexibility index (Phi) is 17.8. The van der Waals surface area contributed by atoms with E-state index in [1.807, 2.05) is 121 Å². The Morgan fingerprint density at radius 3 is 1.01 bits per heavy atom. The third-order valence-corrected chi connectivity index (χ3v) is 13.3. The predicted octanol–water partition coefficient (Wildman–Crippen LogP) is 3.67. The summed E-state index contributed by atoms with van der Waals surface area (Å²) in [6, 6.07) is 36.0. The number of nitrogens with zero attached hydrogens (tertiary/aromatic N) is 4. The van der Waals surface area contributed by atoms with Gasteiger partial charge in [0, 0.05) is 11.1 Å². The molecule has 0 saturated heterocycles. The van der Waals surface area contributed by atoms with Crippen LogP contribution in [0.15, 0.2) is 121 Å². The van der Waals surface area contributed by atoms with Crippen LogP contribution in [0.25, 0.3) is 112 Å². The van der Waals surface area contributed by atoms with E-state index in [0.717, 1.165) is 0 Å². The Bertz CT molecular complexity index is 3770. The molecular weight excluding hydrogens is 1080 g/mol. The largest absolute Gasteiger partial charge is 2.00 e. The van der Waals surface area contributed by atoms with E-state index in [-0.39, 0.29) is 131 Å². The van der Waals surface area contributed by atoms with Crippen molar-refractivity contribution in [3.8, 4) is 79.0 Å². The summed E-state index contributed by atoms with van der Waals surface area (Å²) in [5.41, 5.74) is 8.33. The molecule has 0 amide bonds. The standard InChI is InChI=1S/C60H46N4O10.Cu.2K/c1-69-47-27-33(28-48(70-2)57(47)73-5)53-39-19-23-43(61-39)55(35-15-7-11-31-13-9-17-37(51(31)35)59(65)66)45-25-21-41(63-45)54(34-29-49(71-3)58(74-6)50(30-34)72-4)42-22-26-46(64-42)56(44-24-20-40(53)62-44)36-16-8-12-32-14-10-18-38(52(32)36)60(67)68;;;/h7-30H,1-6H3,(H4,61,62,63,64,65,66,67,68);;;/q;+2;2*+1/p-4. The number of hydrogen-bond acceptors (Lipinski definition) is 12. The van der Waals surface area contributed by atoms with Crippen LogP contribution >= 0.6 is 0 Å².